The molecule has 0 aliphatic carbocycles. The molecular formula is C10H9F3N4O2S. The second-order valence-electron chi connectivity index (χ2n) is 4.02. The van der Waals surface area contributed by atoms with E-state index >= 15 is 0 Å². The fourth-order valence-corrected chi connectivity index (χ4v) is 2.40. The molecule has 0 bridgehead atoms. The van der Waals surface area contributed by atoms with Crippen LogP contribution in [0.25, 0.3) is 0 Å². The van der Waals surface area contributed by atoms with E-state index in [2.05, 4.69) is 16.1 Å². The van der Waals surface area contributed by atoms with Crippen molar-refractivity contribution in [3.63, 3.8) is 0 Å². The molecule has 10 heteroatoms. The first-order valence-corrected chi connectivity index (χ1v) is 6.22. The molecule has 20 heavy (non-hydrogen) atoms. The largest absolute Gasteiger partial charge is 0.445 e. The van der Waals surface area contributed by atoms with Crippen LogP contribution in [0, 0.1) is 12.3 Å². The Bertz CT molecular complexity index is 568. The number of halogens is 3. The Kier molecular flexibility index (Phi) is 3.58. The number of aliphatic hydroxyl groups is 1. The normalized spacial score (nSPS) is 21.2. The average molecular weight is 306 g/mol. The van der Waals surface area contributed by atoms with Crippen molar-refractivity contribution in [1.29, 1.82) is 0 Å². The topological polar surface area (TPSA) is 69.6 Å². The molecule has 0 aromatic carbocycles. The van der Waals surface area contributed by atoms with Crippen molar-refractivity contribution < 1.29 is 23.1 Å². The van der Waals surface area contributed by atoms with E-state index in [9.17, 15) is 23.1 Å². The van der Waals surface area contributed by atoms with E-state index in [-0.39, 0.29) is 23.0 Å². The van der Waals surface area contributed by atoms with Gasteiger partial charge in [0, 0.05) is 0 Å². The summed E-state index contributed by atoms with van der Waals surface area (Å²) in [5.74, 6) is 2.31. The van der Waals surface area contributed by atoms with Gasteiger partial charge in [-0.2, -0.15) is 13.2 Å². The number of carbonyl (C=O) groups excluding carboxylic acids is 1. The number of aliphatic hydroxyl groups excluding tert-OH is 1. The third kappa shape index (κ3) is 2.41. The van der Waals surface area contributed by atoms with Gasteiger partial charge < -0.3 is 10.0 Å². The zero-order valence-electron chi connectivity index (χ0n) is 10.1. The third-order valence-electron chi connectivity index (χ3n) is 2.68. The summed E-state index contributed by atoms with van der Waals surface area (Å²) < 4.78 is 37.3. The van der Waals surface area contributed by atoms with Crippen LogP contribution in [-0.4, -0.2) is 45.0 Å². The summed E-state index contributed by atoms with van der Waals surface area (Å²) in [6.07, 6.45) is -0.769. The van der Waals surface area contributed by atoms with Gasteiger partial charge in [-0.3, -0.25) is 0 Å². The van der Waals surface area contributed by atoms with E-state index in [1.165, 1.54) is 4.90 Å². The van der Waals surface area contributed by atoms with Gasteiger partial charge >= 0.3 is 12.2 Å². The fraction of sp³-hybridized carbons (Fsp3) is 0.500. The number of carbonyl (C=O) groups is 1. The predicted octanol–water partition coefficient (Wildman–Crippen LogP) is 1.14. The fourth-order valence-electron chi connectivity index (χ4n) is 1.65. The first-order chi connectivity index (χ1) is 9.25. The van der Waals surface area contributed by atoms with Gasteiger partial charge in [0.25, 0.3) is 0 Å². The standard InChI is InChI=1S/C10H9F3N4O2S/c1-3-5(2)16-4-6(18)17(9(16)19)8-15-14-7(20-8)10(11,12)13/h1,5-6,18H,4H2,2H3. The highest BCUT2D eigenvalue weighted by Crippen LogP contribution is 2.36. The van der Waals surface area contributed by atoms with Gasteiger partial charge in [-0.1, -0.05) is 17.3 Å². The average Bonchev–Trinajstić information content (AvgIpc) is 2.93. The first-order valence-electron chi connectivity index (χ1n) is 5.40. The molecule has 0 radical (unpaired) electrons. The monoisotopic (exact) mass is 306 g/mol. The first kappa shape index (κ1) is 14.5. The lowest BCUT2D eigenvalue weighted by atomic mass is 10.3. The molecule has 2 unspecified atom stereocenters. The molecule has 1 aromatic rings. The number of β-amino-alcohol motifs (C(OH)–C–C–N with tert-alkyl or cyclic N) is 1. The molecule has 1 fully saturated rings. The van der Waals surface area contributed by atoms with Crippen LogP contribution < -0.4 is 4.90 Å². The van der Waals surface area contributed by atoms with Crippen LogP contribution >= 0.6 is 11.3 Å². The minimum Gasteiger partial charge on any atom is -0.371 e. The van der Waals surface area contributed by atoms with Gasteiger partial charge in [0.1, 0.15) is 0 Å². The molecule has 1 aliphatic heterocycles. The van der Waals surface area contributed by atoms with Crippen molar-refractivity contribution in [1.82, 2.24) is 15.1 Å². The number of nitrogens with zero attached hydrogens (tertiary/aromatic N) is 4. The Morgan fingerprint density at radius 1 is 1.55 bits per heavy atom. The zero-order valence-corrected chi connectivity index (χ0v) is 10.9. The molecule has 0 saturated carbocycles. The maximum atomic E-state index is 12.4. The van der Waals surface area contributed by atoms with Crippen molar-refractivity contribution in [2.24, 2.45) is 0 Å². The van der Waals surface area contributed by atoms with Crippen molar-refractivity contribution >= 4 is 22.5 Å². The molecule has 6 nitrogen and oxygen atoms in total. The van der Waals surface area contributed by atoms with Crippen LogP contribution in [0.5, 0.6) is 0 Å². The lowest BCUT2D eigenvalue weighted by molar-refractivity contribution is -0.138. The lowest BCUT2D eigenvalue weighted by Gasteiger charge is -2.19. The molecular weight excluding hydrogens is 297 g/mol. The lowest BCUT2D eigenvalue weighted by Crippen LogP contribution is -2.37. The molecule has 1 aromatic heterocycles. The van der Waals surface area contributed by atoms with Crippen LogP contribution in [-0.2, 0) is 6.18 Å². The van der Waals surface area contributed by atoms with E-state index < -0.39 is 29.5 Å². The second kappa shape index (κ2) is 4.92. The van der Waals surface area contributed by atoms with Crippen molar-refractivity contribution in [3.05, 3.63) is 5.01 Å². The predicted molar refractivity (Wildman–Crippen MR) is 63.8 cm³/mol. The van der Waals surface area contributed by atoms with Crippen LogP contribution in [0.1, 0.15) is 11.9 Å². The molecule has 2 amide bonds. The number of alkyl halides is 3. The van der Waals surface area contributed by atoms with Gasteiger partial charge in [0.2, 0.25) is 10.1 Å². The molecule has 108 valence electrons. The number of aromatic nitrogens is 2. The zero-order chi connectivity index (χ0) is 15.1. The Hall–Kier alpha value is -1.86. The van der Waals surface area contributed by atoms with Gasteiger partial charge in [-0.25, -0.2) is 9.69 Å². The van der Waals surface area contributed by atoms with E-state index in [0.29, 0.717) is 0 Å². The van der Waals surface area contributed by atoms with E-state index in [1.54, 1.807) is 6.92 Å². The van der Waals surface area contributed by atoms with E-state index in [0.717, 1.165) is 4.90 Å². The molecule has 1 aliphatic rings. The summed E-state index contributed by atoms with van der Waals surface area (Å²) in [4.78, 5) is 13.9. The maximum absolute atomic E-state index is 12.4. The maximum Gasteiger partial charge on any atom is 0.445 e. The SMILES string of the molecule is C#CC(C)N1CC(O)N(c2nnc(C(F)(F)F)s2)C1=O. The molecule has 0 spiro atoms. The number of terminal acetylenes is 1. The van der Waals surface area contributed by atoms with Gasteiger partial charge in [0.15, 0.2) is 6.23 Å². The minimum atomic E-state index is -4.64. The highest BCUT2D eigenvalue weighted by molar-refractivity contribution is 7.15. The Balaban J connectivity index is 2.27. The van der Waals surface area contributed by atoms with Gasteiger partial charge in [-0.05, 0) is 6.92 Å². The van der Waals surface area contributed by atoms with Crippen molar-refractivity contribution in [3.8, 4) is 12.3 Å². The van der Waals surface area contributed by atoms with Gasteiger partial charge in [0.05, 0.1) is 12.6 Å². The summed E-state index contributed by atoms with van der Waals surface area (Å²) in [5.41, 5.74) is 0. The molecule has 2 heterocycles. The highest BCUT2D eigenvalue weighted by atomic mass is 32.1. The Morgan fingerprint density at radius 2 is 2.20 bits per heavy atom. The van der Waals surface area contributed by atoms with E-state index in [1.807, 2.05) is 0 Å². The van der Waals surface area contributed by atoms with E-state index in [4.69, 9.17) is 6.42 Å². The van der Waals surface area contributed by atoms with Crippen molar-refractivity contribution in [2.75, 3.05) is 11.4 Å². The van der Waals surface area contributed by atoms with Crippen LogP contribution in [0.4, 0.5) is 23.1 Å². The highest BCUT2D eigenvalue weighted by Gasteiger charge is 2.43. The van der Waals surface area contributed by atoms with Crippen LogP contribution in [0.2, 0.25) is 0 Å². The number of hydrogen-bond acceptors (Lipinski definition) is 5. The number of rotatable bonds is 2. The smallest absolute Gasteiger partial charge is 0.371 e. The Labute approximate surface area is 115 Å². The summed E-state index contributed by atoms with van der Waals surface area (Å²) >= 11 is 0.185. The van der Waals surface area contributed by atoms with Crippen LogP contribution in [0.3, 0.4) is 0 Å². The number of amides is 2. The number of urea groups is 1. The van der Waals surface area contributed by atoms with Gasteiger partial charge in [-0.15, -0.1) is 16.6 Å². The summed E-state index contributed by atoms with van der Waals surface area (Å²) in [5, 5.41) is 14.6. The minimum absolute atomic E-state index is 0.106. The number of anilines is 1. The molecule has 1 saturated heterocycles. The molecule has 2 rings (SSSR count). The molecule has 2 atom stereocenters. The summed E-state index contributed by atoms with van der Waals surface area (Å²) in [7, 11) is 0. The quantitative estimate of drug-likeness (QED) is 0.832. The molecule has 1 N–H and O–H groups in total. The summed E-state index contributed by atoms with van der Waals surface area (Å²) in [6.45, 7) is 1.46. The second-order valence-corrected chi connectivity index (χ2v) is 4.97. The Morgan fingerprint density at radius 3 is 2.70 bits per heavy atom. The van der Waals surface area contributed by atoms with Crippen LogP contribution in [0.15, 0.2) is 0 Å². The van der Waals surface area contributed by atoms with Crippen molar-refractivity contribution in [2.45, 2.75) is 25.4 Å². The summed E-state index contributed by atoms with van der Waals surface area (Å²) in [6, 6.07) is -1.29. The number of hydrogen-bond donors (Lipinski definition) is 1. The third-order valence-corrected chi connectivity index (χ3v) is 3.65.